The number of rotatable bonds is 6. The zero-order valence-electron chi connectivity index (χ0n) is 14.3. The number of carbonyl (C=O) groups excluding carboxylic acids is 1. The fourth-order valence-corrected chi connectivity index (χ4v) is 2.44. The van der Waals surface area contributed by atoms with Crippen LogP contribution in [0, 0.1) is 15.9 Å². The van der Waals surface area contributed by atoms with Crippen molar-refractivity contribution in [2.45, 2.75) is 6.10 Å². The third-order valence-corrected chi connectivity index (χ3v) is 3.78. The Morgan fingerprint density at radius 3 is 2.68 bits per heavy atom. The fourth-order valence-electron chi connectivity index (χ4n) is 2.44. The van der Waals surface area contributed by atoms with Crippen molar-refractivity contribution in [1.29, 1.82) is 0 Å². The van der Waals surface area contributed by atoms with E-state index in [0.717, 1.165) is 12.1 Å². The normalized spacial score (nSPS) is 12.1. The number of carbonyl (C=O) groups is 1. The predicted molar refractivity (Wildman–Crippen MR) is 97.9 cm³/mol. The number of aliphatic hydroxyl groups is 1. The molecule has 0 radical (unpaired) electrons. The molecule has 1 heterocycles. The molecule has 28 heavy (non-hydrogen) atoms. The summed E-state index contributed by atoms with van der Waals surface area (Å²) in [5.41, 5.74) is 2.27. The zero-order chi connectivity index (χ0) is 20.1. The molecule has 0 bridgehead atoms. The average Bonchev–Trinajstić information content (AvgIpc) is 3.16. The van der Waals surface area contributed by atoms with Crippen LogP contribution in [0.15, 0.2) is 70.2 Å². The highest BCUT2D eigenvalue weighted by Gasteiger charge is 2.19. The quantitative estimate of drug-likeness (QED) is 0.385. The van der Waals surface area contributed by atoms with Crippen LogP contribution in [0.1, 0.15) is 17.4 Å². The molecule has 2 N–H and O–H groups in total. The number of nitrogens with zero attached hydrogens (tertiary/aromatic N) is 2. The SMILES string of the molecule is O=C(N/N=C\c1ccc(-c2ccc(F)cc2[N+](=O)[O-])o1)[C@@H](O)c1ccccc1. The van der Waals surface area contributed by atoms with Crippen LogP contribution in [0.2, 0.25) is 0 Å². The van der Waals surface area contributed by atoms with Crippen LogP contribution in [0.25, 0.3) is 11.3 Å². The molecule has 3 aromatic rings. The summed E-state index contributed by atoms with van der Waals surface area (Å²) >= 11 is 0. The second-order valence-electron chi connectivity index (χ2n) is 5.67. The van der Waals surface area contributed by atoms with E-state index in [1.54, 1.807) is 30.3 Å². The maximum Gasteiger partial charge on any atom is 0.283 e. The molecule has 8 nitrogen and oxygen atoms in total. The number of benzene rings is 2. The molecule has 0 saturated heterocycles. The lowest BCUT2D eigenvalue weighted by Gasteiger charge is -2.08. The molecule has 2 aromatic carbocycles. The average molecular weight is 383 g/mol. The molecule has 1 aromatic heterocycles. The molecule has 0 aliphatic rings. The summed E-state index contributed by atoms with van der Waals surface area (Å²) in [5, 5.41) is 24.7. The second-order valence-corrected chi connectivity index (χ2v) is 5.67. The third-order valence-electron chi connectivity index (χ3n) is 3.78. The smallest absolute Gasteiger partial charge is 0.283 e. The lowest BCUT2D eigenvalue weighted by Crippen LogP contribution is -2.25. The van der Waals surface area contributed by atoms with Gasteiger partial charge in [0, 0.05) is 0 Å². The van der Waals surface area contributed by atoms with Gasteiger partial charge in [0.15, 0.2) is 6.10 Å². The molecule has 0 spiro atoms. The van der Waals surface area contributed by atoms with Gasteiger partial charge in [0.05, 0.1) is 22.8 Å². The number of nitro benzene ring substituents is 1. The summed E-state index contributed by atoms with van der Waals surface area (Å²) in [5.74, 6) is -1.13. The van der Waals surface area contributed by atoms with E-state index in [-0.39, 0.29) is 17.1 Å². The van der Waals surface area contributed by atoms with E-state index in [9.17, 15) is 24.4 Å². The van der Waals surface area contributed by atoms with Crippen LogP contribution < -0.4 is 5.43 Å². The molecule has 1 atom stereocenters. The number of amides is 1. The Morgan fingerprint density at radius 1 is 1.21 bits per heavy atom. The topological polar surface area (TPSA) is 118 Å². The van der Waals surface area contributed by atoms with Crippen LogP contribution in [-0.4, -0.2) is 22.2 Å². The number of aliphatic hydroxyl groups excluding tert-OH is 1. The van der Waals surface area contributed by atoms with Gasteiger partial charge < -0.3 is 9.52 Å². The van der Waals surface area contributed by atoms with Gasteiger partial charge in [0.25, 0.3) is 11.6 Å². The Labute approximate surface area is 158 Å². The molecule has 9 heteroatoms. The first kappa shape index (κ1) is 18.9. The van der Waals surface area contributed by atoms with Crippen molar-refractivity contribution >= 4 is 17.8 Å². The minimum Gasteiger partial charge on any atom is -0.455 e. The van der Waals surface area contributed by atoms with Crippen LogP contribution >= 0.6 is 0 Å². The molecule has 1 amide bonds. The Hall–Kier alpha value is -3.85. The Balaban J connectivity index is 1.70. The lowest BCUT2D eigenvalue weighted by atomic mass is 10.1. The van der Waals surface area contributed by atoms with Gasteiger partial charge in [-0.3, -0.25) is 14.9 Å². The summed E-state index contributed by atoms with van der Waals surface area (Å²) in [7, 11) is 0. The summed E-state index contributed by atoms with van der Waals surface area (Å²) < 4.78 is 18.7. The van der Waals surface area contributed by atoms with Crippen molar-refractivity contribution in [2.75, 3.05) is 0 Å². The lowest BCUT2D eigenvalue weighted by molar-refractivity contribution is -0.384. The summed E-state index contributed by atoms with van der Waals surface area (Å²) in [6.45, 7) is 0. The number of hydrogen-bond donors (Lipinski definition) is 2. The number of nitro groups is 1. The van der Waals surface area contributed by atoms with Crippen LogP contribution in [-0.2, 0) is 4.79 Å². The molecule has 142 valence electrons. The third kappa shape index (κ3) is 4.27. The number of hydrogen-bond acceptors (Lipinski definition) is 6. The minimum absolute atomic E-state index is 0.106. The van der Waals surface area contributed by atoms with Gasteiger partial charge >= 0.3 is 0 Å². The fraction of sp³-hybridized carbons (Fsp3) is 0.0526. The van der Waals surface area contributed by atoms with Crippen molar-refractivity contribution in [3.63, 3.8) is 0 Å². The molecular formula is C19H14FN3O5. The van der Waals surface area contributed by atoms with Gasteiger partial charge in [-0.15, -0.1) is 0 Å². The zero-order valence-corrected chi connectivity index (χ0v) is 14.3. The second kappa shape index (κ2) is 8.23. The number of furan rings is 1. The highest BCUT2D eigenvalue weighted by atomic mass is 19.1. The summed E-state index contributed by atoms with van der Waals surface area (Å²) in [6, 6.07) is 14.4. The van der Waals surface area contributed by atoms with Crippen molar-refractivity contribution in [1.82, 2.24) is 5.43 Å². The summed E-state index contributed by atoms with van der Waals surface area (Å²) in [4.78, 5) is 22.3. The first-order chi connectivity index (χ1) is 13.5. The van der Waals surface area contributed by atoms with Crippen molar-refractivity contribution in [2.24, 2.45) is 5.10 Å². The first-order valence-corrected chi connectivity index (χ1v) is 8.06. The van der Waals surface area contributed by atoms with E-state index >= 15 is 0 Å². The monoisotopic (exact) mass is 383 g/mol. The molecule has 0 aliphatic carbocycles. The highest BCUT2D eigenvalue weighted by molar-refractivity contribution is 5.84. The molecule has 0 fully saturated rings. The van der Waals surface area contributed by atoms with Gasteiger partial charge in [-0.1, -0.05) is 30.3 Å². The van der Waals surface area contributed by atoms with Crippen LogP contribution in [0.5, 0.6) is 0 Å². The van der Waals surface area contributed by atoms with E-state index in [0.29, 0.717) is 5.56 Å². The Morgan fingerprint density at radius 2 is 1.96 bits per heavy atom. The van der Waals surface area contributed by atoms with E-state index in [4.69, 9.17) is 4.42 Å². The van der Waals surface area contributed by atoms with Crippen LogP contribution in [0.4, 0.5) is 10.1 Å². The number of hydrazone groups is 1. The number of halogens is 1. The molecule has 0 aliphatic heterocycles. The maximum atomic E-state index is 13.2. The highest BCUT2D eigenvalue weighted by Crippen LogP contribution is 2.31. The Kier molecular flexibility index (Phi) is 5.56. The minimum atomic E-state index is -1.38. The van der Waals surface area contributed by atoms with Crippen molar-refractivity contribution < 1.29 is 23.6 Å². The largest absolute Gasteiger partial charge is 0.455 e. The summed E-state index contributed by atoms with van der Waals surface area (Å²) in [6.07, 6.45) is -0.207. The standard InChI is InChI=1S/C19H14FN3O5/c20-13-6-8-15(16(10-13)23(26)27)17-9-7-14(28-17)11-21-22-19(25)18(24)12-4-2-1-3-5-12/h1-11,18,24H,(H,22,25)/b21-11-/t18-/m0/s1. The van der Waals surface area contributed by atoms with E-state index in [1.165, 1.54) is 24.4 Å². The van der Waals surface area contributed by atoms with Crippen molar-refractivity contribution in [3.8, 4) is 11.3 Å². The van der Waals surface area contributed by atoms with Gasteiger partial charge in [0.2, 0.25) is 0 Å². The predicted octanol–water partition coefficient (Wildman–Crippen LogP) is 3.18. The van der Waals surface area contributed by atoms with Crippen LogP contribution in [0.3, 0.4) is 0 Å². The molecule has 0 saturated carbocycles. The van der Waals surface area contributed by atoms with Crippen molar-refractivity contribution in [3.05, 3.63) is 87.9 Å². The molecule has 0 unspecified atom stereocenters. The molecular weight excluding hydrogens is 369 g/mol. The first-order valence-electron chi connectivity index (χ1n) is 8.06. The maximum absolute atomic E-state index is 13.2. The van der Waals surface area contributed by atoms with E-state index in [1.807, 2.05) is 0 Å². The van der Waals surface area contributed by atoms with Gasteiger partial charge in [0.1, 0.15) is 17.3 Å². The van der Waals surface area contributed by atoms with Gasteiger partial charge in [-0.25, -0.2) is 9.82 Å². The Bertz CT molecular complexity index is 1030. The van der Waals surface area contributed by atoms with Gasteiger partial charge in [-0.05, 0) is 29.8 Å². The molecule has 3 rings (SSSR count). The van der Waals surface area contributed by atoms with E-state index in [2.05, 4.69) is 10.5 Å². The number of nitrogens with one attached hydrogen (secondary N) is 1. The van der Waals surface area contributed by atoms with Gasteiger partial charge in [-0.2, -0.15) is 5.10 Å². The van der Waals surface area contributed by atoms with E-state index < -0.39 is 28.4 Å².